The number of rotatable bonds is 5. The summed E-state index contributed by atoms with van der Waals surface area (Å²) in [5, 5.41) is 15.1. The minimum Gasteiger partial charge on any atom is -0.494 e. The molecule has 26 heavy (non-hydrogen) atoms. The lowest BCUT2D eigenvalue weighted by molar-refractivity contribution is -0.384. The number of benzene rings is 1. The molecule has 0 aliphatic carbocycles. The van der Waals surface area contributed by atoms with Gasteiger partial charge in [0.15, 0.2) is 17.4 Å². The van der Waals surface area contributed by atoms with Crippen molar-refractivity contribution < 1.29 is 18.6 Å². The summed E-state index contributed by atoms with van der Waals surface area (Å²) < 4.78 is 24.0. The number of aryl methyl sites for hydroxylation is 1. The fourth-order valence-corrected chi connectivity index (χ4v) is 3.08. The van der Waals surface area contributed by atoms with Crippen LogP contribution in [-0.2, 0) is 0 Å². The molecule has 1 aliphatic rings. The number of nitro groups is 1. The van der Waals surface area contributed by atoms with Gasteiger partial charge in [0.2, 0.25) is 5.89 Å². The van der Waals surface area contributed by atoms with Crippen LogP contribution in [0.2, 0.25) is 0 Å². The van der Waals surface area contributed by atoms with E-state index in [2.05, 4.69) is 15.0 Å². The van der Waals surface area contributed by atoms with E-state index in [1.54, 1.807) is 6.92 Å². The second-order valence-corrected chi connectivity index (χ2v) is 6.11. The lowest BCUT2D eigenvalue weighted by atomic mass is 10.1. The molecule has 1 fully saturated rings. The average molecular weight is 365 g/mol. The van der Waals surface area contributed by atoms with Crippen molar-refractivity contribution in [1.29, 1.82) is 0 Å². The van der Waals surface area contributed by atoms with Crippen molar-refractivity contribution in [2.45, 2.75) is 19.9 Å². The highest BCUT2D eigenvalue weighted by molar-refractivity contribution is 5.66. The highest BCUT2D eigenvalue weighted by atomic mass is 19.1. The average Bonchev–Trinajstić information content (AvgIpc) is 3.07. The van der Waals surface area contributed by atoms with E-state index in [1.807, 2.05) is 11.8 Å². The number of halogens is 1. The van der Waals surface area contributed by atoms with E-state index in [9.17, 15) is 14.5 Å². The molecule has 3 rings (SSSR count). The van der Waals surface area contributed by atoms with Crippen molar-refractivity contribution in [2.75, 3.05) is 38.2 Å². The van der Waals surface area contributed by atoms with Gasteiger partial charge in [0, 0.05) is 32.2 Å². The quantitative estimate of drug-likeness (QED) is 0.588. The van der Waals surface area contributed by atoms with Gasteiger partial charge in [-0.25, -0.2) is 4.39 Å². The number of nitrogens with zero attached hydrogens (tertiary/aromatic N) is 5. The Bertz CT molecular complexity index is 804. The van der Waals surface area contributed by atoms with E-state index in [4.69, 9.17) is 9.26 Å². The number of anilines is 1. The Morgan fingerprint density at radius 3 is 2.58 bits per heavy atom. The molecule has 0 radical (unpaired) electrons. The topological polar surface area (TPSA) is 97.8 Å². The predicted molar refractivity (Wildman–Crippen MR) is 90.8 cm³/mol. The van der Waals surface area contributed by atoms with Gasteiger partial charge in [-0.3, -0.25) is 15.0 Å². The van der Waals surface area contributed by atoms with Crippen molar-refractivity contribution in [3.05, 3.63) is 39.8 Å². The SMILES string of the molecule is COc1cc(N2CCN(C(C)c3nc(C)no3)CC2)c([N+](=O)[O-])cc1F. The maximum atomic E-state index is 13.8. The van der Waals surface area contributed by atoms with Crippen LogP contribution < -0.4 is 9.64 Å². The molecule has 0 bridgehead atoms. The van der Waals surface area contributed by atoms with Crippen LogP contribution in [0.4, 0.5) is 15.8 Å². The molecular weight excluding hydrogens is 345 g/mol. The lowest BCUT2D eigenvalue weighted by Gasteiger charge is -2.37. The highest BCUT2D eigenvalue weighted by Gasteiger charge is 2.29. The summed E-state index contributed by atoms with van der Waals surface area (Å²) in [4.78, 5) is 19.0. The van der Waals surface area contributed by atoms with Gasteiger partial charge >= 0.3 is 0 Å². The summed E-state index contributed by atoms with van der Waals surface area (Å²) in [6, 6.07) is 2.24. The molecular formula is C16H20FN5O4. The molecule has 2 aromatic rings. The zero-order valence-corrected chi connectivity index (χ0v) is 14.8. The Labute approximate surface area is 149 Å². The summed E-state index contributed by atoms with van der Waals surface area (Å²) >= 11 is 0. The first kappa shape index (κ1) is 18.1. The van der Waals surface area contributed by atoms with Crippen LogP contribution in [0, 0.1) is 22.9 Å². The van der Waals surface area contributed by atoms with E-state index in [0.29, 0.717) is 43.6 Å². The monoisotopic (exact) mass is 365 g/mol. The summed E-state index contributed by atoms with van der Waals surface area (Å²) in [6.07, 6.45) is 0. The van der Waals surface area contributed by atoms with Gasteiger partial charge in [0.05, 0.1) is 24.1 Å². The Kier molecular flexibility index (Phi) is 5.03. The van der Waals surface area contributed by atoms with Gasteiger partial charge in [-0.1, -0.05) is 5.16 Å². The number of nitro benzene ring substituents is 1. The van der Waals surface area contributed by atoms with Gasteiger partial charge in [-0.15, -0.1) is 0 Å². The number of piperazine rings is 1. The second-order valence-electron chi connectivity index (χ2n) is 6.11. The smallest absolute Gasteiger partial charge is 0.295 e. The molecule has 9 nitrogen and oxygen atoms in total. The molecule has 1 aromatic carbocycles. The van der Waals surface area contributed by atoms with Crippen molar-refractivity contribution >= 4 is 11.4 Å². The van der Waals surface area contributed by atoms with E-state index in [1.165, 1.54) is 13.2 Å². The molecule has 1 unspecified atom stereocenters. The maximum absolute atomic E-state index is 13.8. The third-order valence-electron chi connectivity index (χ3n) is 4.55. The van der Waals surface area contributed by atoms with E-state index in [0.717, 1.165) is 6.07 Å². The minimum absolute atomic E-state index is 0.0114. The van der Waals surface area contributed by atoms with Crippen molar-refractivity contribution in [3.63, 3.8) is 0 Å². The van der Waals surface area contributed by atoms with Crippen molar-refractivity contribution in [1.82, 2.24) is 15.0 Å². The molecule has 0 amide bonds. The third-order valence-corrected chi connectivity index (χ3v) is 4.55. The molecule has 1 aliphatic heterocycles. The number of hydrogen-bond donors (Lipinski definition) is 0. The first-order chi connectivity index (χ1) is 12.4. The fourth-order valence-electron chi connectivity index (χ4n) is 3.08. The fraction of sp³-hybridized carbons (Fsp3) is 0.500. The van der Waals surface area contributed by atoms with Crippen LogP contribution in [-0.4, -0.2) is 53.3 Å². The van der Waals surface area contributed by atoms with Crippen LogP contribution in [0.1, 0.15) is 24.7 Å². The summed E-state index contributed by atoms with van der Waals surface area (Å²) in [5.41, 5.74) is 0.0894. The summed E-state index contributed by atoms with van der Waals surface area (Å²) in [7, 11) is 1.33. The first-order valence-corrected chi connectivity index (χ1v) is 8.22. The molecule has 1 saturated heterocycles. The van der Waals surface area contributed by atoms with Crippen LogP contribution in [0.15, 0.2) is 16.7 Å². The zero-order valence-electron chi connectivity index (χ0n) is 14.8. The lowest BCUT2D eigenvalue weighted by Crippen LogP contribution is -2.47. The Hall–Kier alpha value is -2.75. The first-order valence-electron chi connectivity index (χ1n) is 8.22. The molecule has 0 N–H and O–H groups in total. The number of methoxy groups -OCH3 is 1. The van der Waals surface area contributed by atoms with Gasteiger partial charge in [-0.2, -0.15) is 4.98 Å². The van der Waals surface area contributed by atoms with E-state index < -0.39 is 10.7 Å². The van der Waals surface area contributed by atoms with Gasteiger partial charge < -0.3 is 14.2 Å². The predicted octanol–water partition coefficient (Wildman–Crippen LogP) is 2.32. The number of hydrogen-bond acceptors (Lipinski definition) is 8. The molecule has 1 aromatic heterocycles. The normalized spacial score (nSPS) is 16.5. The molecule has 1 atom stereocenters. The molecule has 140 valence electrons. The number of aromatic nitrogens is 2. The maximum Gasteiger partial charge on any atom is 0.295 e. The van der Waals surface area contributed by atoms with Gasteiger partial charge in [0.1, 0.15) is 5.69 Å². The summed E-state index contributed by atoms with van der Waals surface area (Å²) in [6.45, 7) is 6.14. The highest BCUT2D eigenvalue weighted by Crippen LogP contribution is 2.35. The van der Waals surface area contributed by atoms with E-state index >= 15 is 0 Å². The van der Waals surface area contributed by atoms with Crippen LogP contribution >= 0.6 is 0 Å². The Morgan fingerprint density at radius 1 is 1.35 bits per heavy atom. The van der Waals surface area contributed by atoms with Crippen molar-refractivity contribution in [3.8, 4) is 5.75 Å². The van der Waals surface area contributed by atoms with Gasteiger partial charge in [0.25, 0.3) is 5.69 Å². The van der Waals surface area contributed by atoms with Gasteiger partial charge in [-0.05, 0) is 13.8 Å². The second kappa shape index (κ2) is 7.24. The molecule has 0 saturated carbocycles. The van der Waals surface area contributed by atoms with Crippen molar-refractivity contribution in [2.24, 2.45) is 0 Å². The Morgan fingerprint density at radius 2 is 2.04 bits per heavy atom. The minimum atomic E-state index is -0.748. The Balaban J connectivity index is 1.76. The van der Waals surface area contributed by atoms with Crippen LogP contribution in [0.3, 0.4) is 0 Å². The standard InChI is InChI=1S/C16H20FN5O4/c1-10(16-18-11(2)19-26-16)20-4-6-21(7-5-20)13-9-15(25-3)12(17)8-14(13)22(23)24/h8-10H,4-7H2,1-3H3. The third kappa shape index (κ3) is 3.45. The summed E-state index contributed by atoms with van der Waals surface area (Å²) in [5.74, 6) is 0.370. The van der Waals surface area contributed by atoms with Crippen LogP contribution in [0.25, 0.3) is 0 Å². The molecule has 2 heterocycles. The number of ether oxygens (including phenoxy) is 1. The van der Waals surface area contributed by atoms with Crippen LogP contribution in [0.5, 0.6) is 5.75 Å². The van der Waals surface area contributed by atoms with E-state index in [-0.39, 0.29) is 17.5 Å². The largest absolute Gasteiger partial charge is 0.494 e. The molecule has 10 heteroatoms. The molecule has 0 spiro atoms. The zero-order chi connectivity index (χ0) is 18.8.